The number of carbonyl (C=O) groups excluding carboxylic acids is 4. The molecule has 0 saturated heterocycles. The molecule has 0 saturated carbocycles. The summed E-state index contributed by atoms with van der Waals surface area (Å²) in [5.74, 6) is -1.86. The van der Waals surface area contributed by atoms with Crippen molar-refractivity contribution in [2.45, 2.75) is 78.7 Å². The lowest BCUT2D eigenvalue weighted by Crippen LogP contribution is -2.51. The van der Waals surface area contributed by atoms with E-state index in [9.17, 15) is 19.2 Å². The molecule has 1 atom stereocenters. The first-order valence-corrected chi connectivity index (χ1v) is 11.4. The summed E-state index contributed by atoms with van der Waals surface area (Å²) in [6, 6.07) is 4.63. The second kappa shape index (κ2) is 13.1. The van der Waals surface area contributed by atoms with E-state index < -0.39 is 34.8 Å². The normalized spacial score (nSPS) is 12.9. The zero-order valence-electron chi connectivity index (χ0n) is 21.0. The maximum atomic E-state index is 12.5. The quantitative estimate of drug-likeness (QED) is 0.353. The van der Waals surface area contributed by atoms with Crippen LogP contribution in [0.5, 0.6) is 11.5 Å². The first-order valence-electron chi connectivity index (χ1n) is 11.4. The Hall–Kier alpha value is -2.94. The smallest absolute Gasteiger partial charge is 0.326 e. The van der Waals surface area contributed by atoms with Crippen LogP contribution in [0.15, 0.2) is 18.2 Å². The molecule has 0 heterocycles. The first kappa shape index (κ1) is 29.1. The van der Waals surface area contributed by atoms with Crippen molar-refractivity contribution in [3.05, 3.63) is 23.8 Å². The van der Waals surface area contributed by atoms with Gasteiger partial charge < -0.3 is 24.7 Å². The van der Waals surface area contributed by atoms with Crippen LogP contribution in [0.25, 0.3) is 0 Å². The van der Waals surface area contributed by atoms with Crippen molar-refractivity contribution < 1.29 is 38.1 Å². The standard InChI is InChI=1S/C25H37NO8/c1-7-9-20(27)33-18-12-11-17(15-19(18)34-21(28)10-8-2)16-25(26,23(30)31-6)13-14-32-22(29)24(3,4)5/h11-12,15H,7-10,13-14,16,26H2,1-6H3/t25-/m1/s1. The molecule has 1 rings (SSSR count). The molecule has 190 valence electrons. The van der Waals surface area contributed by atoms with Crippen molar-refractivity contribution in [2.24, 2.45) is 11.1 Å². The number of carbonyl (C=O) groups is 4. The summed E-state index contributed by atoms with van der Waals surface area (Å²) in [7, 11) is 1.22. The predicted molar refractivity (Wildman–Crippen MR) is 125 cm³/mol. The fourth-order valence-corrected chi connectivity index (χ4v) is 2.95. The van der Waals surface area contributed by atoms with Gasteiger partial charge >= 0.3 is 23.9 Å². The highest BCUT2D eigenvalue weighted by Crippen LogP contribution is 2.31. The van der Waals surface area contributed by atoms with Crippen molar-refractivity contribution in [1.29, 1.82) is 0 Å². The number of benzene rings is 1. The van der Waals surface area contributed by atoms with Crippen molar-refractivity contribution in [1.82, 2.24) is 0 Å². The molecule has 0 aromatic heterocycles. The molecule has 9 nitrogen and oxygen atoms in total. The summed E-state index contributed by atoms with van der Waals surface area (Å²) in [5, 5.41) is 0. The molecular formula is C25H37NO8. The Bertz CT molecular complexity index is 874. The van der Waals surface area contributed by atoms with Crippen LogP contribution in [0, 0.1) is 5.41 Å². The van der Waals surface area contributed by atoms with Crippen LogP contribution in [-0.4, -0.2) is 43.1 Å². The van der Waals surface area contributed by atoms with Gasteiger partial charge in [-0.05, 0) is 51.3 Å². The molecule has 1 aromatic carbocycles. The van der Waals surface area contributed by atoms with Crippen LogP contribution in [0.1, 0.15) is 72.3 Å². The van der Waals surface area contributed by atoms with Crippen LogP contribution in [0.3, 0.4) is 0 Å². The highest BCUT2D eigenvalue weighted by Gasteiger charge is 2.36. The van der Waals surface area contributed by atoms with E-state index in [4.69, 9.17) is 24.7 Å². The fourth-order valence-electron chi connectivity index (χ4n) is 2.95. The van der Waals surface area contributed by atoms with Crippen molar-refractivity contribution in [2.75, 3.05) is 13.7 Å². The number of esters is 4. The summed E-state index contributed by atoms with van der Waals surface area (Å²) in [6.07, 6.45) is 1.62. The molecule has 0 fully saturated rings. The largest absolute Gasteiger partial charge is 0.468 e. The Labute approximate surface area is 201 Å². The van der Waals surface area contributed by atoms with Gasteiger partial charge in [-0.25, -0.2) is 0 Å². The second-order valence-electron chi connectivity index (χ2n) is 9.19. The molecule has 0 aliphatic carbocycles. The molecule has 0 amide bonds. The van der Waals surface area contributed by atoms with E-state index in [1.165, 1.54) is 19.2 Å². The van der Waals surface area contributed by atoms with Crippen LogP contribution in [0.2, 0.25) is 0 Å². The van der Waals surface area contributed by atoms with E-state index in [0.29, 0.717) is 18.4 Å². The van der Waals surface area contributed by atoms with E-state index in [2.05, 4.69) is 0 Å². The fraction of sp³-hybridized carbons (Fsp3) is 0.600. The minimum atomic E-state index is -1.50. The third kappa shape index (κ3) is 9.13. The molecule has 0 spiro atoms. The lowest BCUT2D eigenvalue weighted by atomic mass is 9.88. The van der Waals surface area contributed by atoms with Gasteiger partial charge in [0.2, 0.25) is 0 Å². The van der Waals surface area contributed by atoms with Crippen molar-refractivity contribution in [3.63, 3.8) is 0 Å². The Morgan fingerprint density at radius 1 is 0.882 bits per heavy atom. The lowest BCUT2D eigenvalue weighted by molar-refractivity contribution is -0.156. The summed E-state index contributed by atoms with van der Waals surface area (Å²) in [4.78, 5) is 48.6. The van der Waals surface area contributed by atoms with Crippen molar-refractivity contribution >= 4 is 23.9 Å². The first-order chi connectivity index (χ1) is 15.9. The zero-order valence-corrected chi connectivity index (χ0v) is 21.0. The van der Waals surface area contributed by atoms with E-state index in [0.717, 1.165) is 0 Å². The van der Waals surface area contributed by atoms with E-state index in [1.807, 2.05) is 13.8 Å². The highest BCUT2D eigenvalue weighted by molar-refractivity contribution is 5.81. The third-order valence-electron chi connectivity index (χ3n) is 4.87. The van der Waals surface area contributed by atoms with Crippen LogP contribution < -0.4 is 15.2 Å². The van der Waals surface area contributed by atoms with Gasteiger partial charge in [-0.1, -0.05) is 19.9 Å². The average molecular weight is 480 g/mol. The second-order valence-corrected chi connectivity index (χ2v) is 9.19. The molecule has 9 heteroatoms. The monoisotopic (exact) mass is 479 g/mol. The molecule has 0 aliphatic heterocycles. The van der Waals surface area contributed by atoms with Gasteiger partial charge in [-0.2, -0.15) is 0 Å². The van der Waals surface area contributed by atoms with Gasteiger partial charge in [0, 0.05) is 25.7 Å². The predicted octanol–water partition coefficient (Wildman–Crippen LogP) is 3.49. The van der Waals surface area contributed by atoms with Gasteiger partial charge in [0.25, 0.3) is 0 Å². The average Bonchev–Trinajstić information content (AvgIpc) is 2.74. The maximum Gasteiger partial charge on any atom is 0.326 e. The van der Waals surface area contributed by atoms with Crippen molar-refractivity contribution in [3.8, 4) is 11.5 Å². The molecule has 1 aromatic rings. The molecule has 0 bridgehead atoms. The number of methoxy groups -OCH3 is 1. The van der Waals surface area contributed by atoms with Crippen LogP contribution in [-0.2, 0) is 35.1 Å². The molecule has 0 radical (unpaired) electrons. The molecular weight excluding hydrogens is 442 g/mol. The van der Waals surface area contributed by atoms with Gasteiger partial charge in [0.15, 0.2) is 11.5 Å². The zero-order chi connectivity index (χ0) is 25.9. The lowest BCUT2D eigenvalue weighted by Gasteiger charge is -2.27. The summed E-state index contributed by atoms with van der Waals surface area (Å²) >= 11 is 0. The molecule has 2 N–H and O–H groups in total. The van der Waals surface area contributed by atoms with Crippen LogP contribution in [0.4, 0.5) is 0 Å². The summed E-state index contributed by atoms with van der Waals surface area (Å²) in [6.45, 7) is 8.78. The van der Waals surface area contributed by atoms with Gasteiger partial charge in [-0.3, -0.25) is 19.2 Å². The topological polar surface area (TPSA) is 131 Å². The van der Waals surface area contributed by atoms with Gasteiger partial charge in [0.05, 0.1) is 19.1 Å². The Kier molecular flexibility index (Phi) is 11.2. The van der Waals surface area contributed by atoms with E-state index in [-0.39, 0.29) is 43.8 Å². The molecule has 0 aliphatic rings. The number of rotatable bonds is 12. The Morgan fingerprint density at radius 3 is 1.94 bits per heavy atom. The van der Waals surface area contributed by atoms with Gasteiger partial charge in [0.1, 0.15) is 5.54 Å². The van der Waals surface area contributed by atoms with E-state index in [1.54, 1.807) is 26.8 Å². The summed E-state index contributed by atoms with van der Waals surface area (Å²) < 4.78 is 20.9. The molecule has 34 heavy (non-hydrogen) atoms. The minimum absolute atomic E-state index is 0.00819. The highest BCUT2D eigenvalue weighted by atomic mass is 16.6. The number of hydrogen-bond donors (Lipinski definition) is 1. The maximum absolute atomic E-state index is 12.5. The Balaban J connectivity index is 3.15. The van der Waals surface area contributed by atoms with Crippen LogP contribution >= 0.6 is 0 Å². The number of hydrogen-bond acceptors (Lipinski definition) is 9. The number of nitrogens with two attached hydrogens (primary N) is 1. The summed E-state index contributed by atoms with van der Waals surface area (Å²) in [5.41, 5.74) is 4.73. The van der Waals surface area contributed by atoms with Gasteiger partial charge in [-0.15, -0.1) is 0 Å². The minimum Gasteiger partial charge on any atom is -0.468 e. The SMILES string of the molecule is CCCC(=O)Oc1ccc(C[C@](N)(CCOC(=O)C(C)(C)C)C(=O)OC)cc1OC(=O)CCC. The van der Waals surface area contributed by atoms with E-state index >= 15 is 0 Å². The third-order valence-corrected chi connectivity index (χ3v) is 4.87. The number of ether oxygens (including phenoxy) is 4. The molecule has 0 unspecified atom stereocenters. The Morgan fingerprint density at radius 2 is 1.44 bits per heavy atom.